The predicted octanol–water partition coefficient (Wildman–Crippen LogP) is 4.34. The zero-order chi connectivity index (χ0) is 17.0. The van der Waals surface area contributed by atoms with Gasteiger partial charge in [0.2, 0.25) is 5.91 Å². The van der Waals surface area contributed by atoms with Gasteiger partial charge in [-0.3, -0.25) is 4.79 Å². The number of carbonyl (C=O) groups is 1. The number of hydrogen-bond donors (Lipinski definition) is 2. The number of carbonyl (C=O) groups excluding carboxylic acids is 1. The molecule has 0 aliphatic rings. The minimum Gasteiger partial charge on any atom is -0.326 e. The Labute approximate surface area is 134 Å². The number of nitrogens with one attached hydrogen (secondary N) is 2. The van der Waals surface area contributed by atoms with Crippen LogP contribution in [0.1, 0.15) is 44.0 Å². The zero-order valence-corrected chi connectivity index (χ0v) is 13.4. The molecule has 3 nitrogen and oxygen atoms in total. The SMILES string of the molecule is CC(=O)Nc1cccc(C(C)NC(C)c2ccc(F)cc2F)c1. The Hall–Kier alpha value is -2.27. The van der Waals surface area contributed by atoms with Gasteiger partial charge >= 0.3 is 0 Å². The Morgan fingerprint density at radius 3 is 2.43 bits per heavy atom. The summed E-state index contributed by atoms with van der Waals surface area (Å²) < 4.78 is 26.8. The first-order valence-corrected chi connectivity index (χ1v) is 7.45. The van der Waals surface area contributed by atoms with Gasteiger partial charge in [0.1, 0.15) is 11.6 Å². The lowest BCUT2D eigenvalue weighted by Crippen LogP contribution is -2.23. The molecule has 122 valence electrons. The topological polar surface area (TPSA) is 41.1 Å². The normalized spacial score (nSPS) is 13.4. The van der Waals surface area contributed by atoms with E-state index in [0.717, 1.165) is 11.6 Å². The summed E-state index contributed by atoms with van der Waals surface area (Å²) in [4.78, 5) is 11.1. The van der Waals surface area contributed by atoms with Crippen LogP contribution in [0.2, 0.25) is 0 Å². The maximum absolute atomic E-state index is 13.8. The molecule has 2 aromatic carbocycles. The molecule has 0 fully saturated rings. The molecule has 0 radical (unpaired) electrons. The van der Waals surface area contributed by atoms with E-state index in [1.54, 1.807) is 6.07 Å². The molecule has 0 bridgehead atoms. The molecule has 0 spiro atoms. The van der Waals surface area contributed by atoms with Crippen molar-refractivity contribution in [2.45, 2.75) is 32.9 Å². The van der Waals surface area contributed by atoms with Crippen LogP contribution in [0.15, 0.2) is 42.5 Å². The molecule has 0 heterocycles. The highest BCUT2D eigenvalue weighted by Crippen LogP contribution is 2.23. The van der Waals surface area contributed by atoms with Crippen LogP contribution < -0.4 is 10.6 Å². The molecule has 0 aromatic heterocycles. The molecule has 2 atom stereocenters. The summed E-state index contributed by atoms with van der Waals surface area (Å²) >= 11 is 0. The molecular formula is C18H20F2N2O. The van der Waals surface area contributed by atoms with Crippen molar-refractivity contribution in [1.29, 1.82) is 0 Å². The van der Waals surface area contributed by atoms with Gasteiger partial charge in [-0.25, -0.2) is 8.78 Å². The number of halogens is 2. The van der Waals surface area contributed by atoms with E-state index in [9.17, 15) is 13.6 Å². The molecule has 5 heteroatoms. The average Bonchev–Trinajstić information content (AvgIpc) is 2.46. The number of anilines is 1. The van der Waals surface area contributed by atoms with Crippen LogP contribution in [-0.2, 0) is 4.79 Å². The molecule has 0 aliphatic heterocycles. The van der Waals surface area contributed by atoms with Crippen molar-refractivity contribution in [1.82, 2.24) is 5.32 Å². The second kappa shape index (κ2) is 7.33. The van der Waals surface area contributed by atoms with Crippen molar-refractivity contribution in [3.63, 3.8) is 0 Å². The van der Waals surface area contributed by atoms with Gasteiger partial charge in [0, 0.05) is 36.3 Å². The number of rotatable bonds is 5. The van der Waals surface area contributed by atoms with E-state index in [1.807, 2.05) is 32.0 Å². The summed E-state index contributed by atoms with van der Waals surface area (Å²) in [5.74, 6) is -1.29. The van der Waals surface area contributed by atoms with E-state index in [0.29, 0.717) is 11.3 Å². The van der Waals surface area contributed by atoms with Gasteiger partial charge in [0.25, 0.3) is 0 Å². The van der Waals surface area contributed by atoms with Crippen molar-refractivity contribution in [3.05, 3.63) is 65.2 Å². The van der Waals surface area contributed by atoms with E-state index >= 15 is 0 Å². The summed E-state index contributed by atoms with van der Waals surface area (Å²) in [7, 11) is 0. The highest BCUT2D eigenvalue weighted by molar-refractivity contribution is 5.88. The van der Waals surface area contributed by atoms with E-state index < -0.39 is 11.6 Å². The Kier molecular flexibility index (Phi) is 5.45. The molecule has 2 rings (SSSR count). The number of benzene rings is 2. The first kappa shape index (κ1) is 17.1. The molecule has 23 heavy (non-hydrogen) atoms. The first-order chi connectivity index (χ1) is 10.9. The van der Waals surface area contributed by atoms with Crippen LogP contribution in [0.5, 0.6) is 0 Å². The Bertz CT molecular complexity index is 703. The van der Waals surface area contributed by atoms with Gasteiger partial charge in [-0.15, -0.1) is 0 Å². The van der Waals surface area contributed by atoms with Crippen LogP contribution >= 0.6 is 0 Å². The lowest BCUT2D eigenvalue weighted by Gasteiger charge is -2.21. The summed E-state index contributed by atoms with van der Waals surface area (Å²) in [6.45, 7) is 5.23. The maximum Gasteiger partial charge on any atom is 0.221 e. The minimum atomic E-state index is -0.588. The van der Waals surface area contributed by atoms with E-state index in [-0.39, 0.29) is 18.0 Å². The third kappa shape index (κ3) is 4.60. The van der Waals surface area contributed by atoms with Gasteiger partial charge < -0.3 is 10.6 Å². The third-order valence-electron chi connectivity index (χ3n) is 3.64. The molecule has 2 aromatic rings. The molecule has 2 N–H and O–H groups in total. The van der Waals surface area contributed by atoms with Crippen molar-refractivity contribution < 1.29 is 13.6 Å². The molecule has 2 unspecified atom stereocenters. The maximum atomic E-state index is 13.8. The van der Waals surface area contributed by atoms with Gasteiger partial charge in [0.05, 0.1) is 0 Å². The summed E-state index contributed by atoms with van der Waals surface area (Å²) in [5, 5.41) is 6.01. The van der Waals surface area contributed by atoms with Crippen LogP contribution in [-0.4, -0.2) is 5.91 Å². The fraction of sp³-hybridized carbons (Fsp3) is 0.278. The fourth-order valence-electron chi connectivity index (χ4n) is 2.50. The quantitative estimate of drug-likeness (QED) is 0.861. The van der Waals surface area contributed by atoms with Gasteiger partial charge in [0.15, 0.2) is 0 Å². The smallest absolute Gasteiger partial charge is 0.221 e. The largest absolute Gasteiger partial charge is 0.326 e. The van der Waals surface area contributed by atoms with Crippen LogP contribution in [0, 0.1) is 11.6 Å². The van der Waals surface area contributed by atoms with Crippen molar-refractivity contribution in [3.8, 4) is 0 Å². The van der Waals surface area contributed by atoms with Crippen molar-refractivity contribution >= 4 is 11.6 Å². The second-order valence-electron chi connectivity index (χ2n) is 5.58. The molecule has 0 aliphatic carbocycles. The lowest BCUT2D eigenvalue weighted by molar-refractivity contribution is -0.114. The predicted molar refractivity (Wildman–Crippen MR) is 87.1 cm³/mol. The van der Waals surface area contributed by atoms with E-state index in [2.05, 4.69) is 10.6 Å². The minimum absolute atomic E-state index is 0.0665. The van der Waals surface area contributed by atoms with Gasteiger partial charge in [-0.05, 0) is 37.6 Å². The van der Waals surface area contributed by atoms with Crippen LogP contribution in [0.25, 0.3) is 0 Å². The summed E-state index contributed by atoms with van der Waals surface area (Å²) in [6.07, 6.45) is 0. The molecule has 0 saturated carbocycles. The van der Waals surface area contributed by atoms with Crippen LogP contribution in [0.3, 0.4) is 0 Å². The van der Waals surface area contributed by atoms with E-state index in [4.69, 9.17) is 0 Å². The number of amides is 1. The van der Waals surface area contributed by atoms with E-state index in [1.165, 1.54) is 19.1 Å². The van der Waals surface area contributed by atoms with Gasteiger partial charge in [-0.2, -0.15) is 0 Å². The second-order valence-corrected chi connectivity index (χ2v) is 5.58. The zero-order valence-electron chi connectivity index (χ0n) is 13.4. The lowest BCUT2D eigenvalue weighted by atomic mass is 10.0. The standard InChI is InChI=1S/C18H20F2N2O/c1-11(14-5-4-6-16(9-14)22-13(3)23)21-12(2)17-8-7-15(19)10-18(17)20/h4-12,21H,1-3H3,(H,22,23). The Balaban J connectivity index is 2.11. The first-order valence-electron chi connectivity index (χ1n) is 7.45. The fourth-order valence-corrected chi connectivity index (χ4v) is 2.50. The Morgan fingerprint density at radius 1 is 1.04 bits per heavy atom. The van der Waals surface area contributed by atoms with Gasteiger partial charge in [-0.1, -0.05) is 18.2 Å². The monoisotopic (exact) mass is 318 g/mol. The highest BCUT2D eigenvalue weighted by Gasteiger charge is 2.15. The van der Waals surface area contributed by atoms with Crippen LogP contribution in [0.4, 0.5) is 14.5 Å². The molecule has 0 saturated heterocycles. The Morgan fingerprint density at radius 2 is 1.78 bits per heavy atom. The highest BCUT2D eigenvalue weighted by atomic mass is 19.1. The molecule has 1 amide bonds. The molecular weight excluding hydrogens is 298 g/mol. The summed E-state index contributed by atoms with van der Waals surface area (Å²) in [5.41, 5.74) is 2.09. The number of hydrogen-bond acceptors (Lipinski definition) is 2. The van der Waals surface area contributed by atoms with Crippen molar-refractivity contribution in [2.75, 3.05) is 5.32 Å². The van der Waals surface area contributed by atoms with Crippen molar-refractivity contribution in [2.24, 2.45) is 0 Å². The average molecular weight is 318 g/mol. The summed E-state index contributed by atoms with van der Waals surface area (Å²) in [6, 6.07) is 10.7. The third-order valence-corrected chi connectivity index (χ3v) is 3.64.